The van der Waals surface area contributed by atoms with E-state index >= 15 is 0 Å². The molecule has 0 fully saturated rings. The van der Waals surface area contributed by atoms with Gasteiger partial charge in [0.25, 0.3) is 0 Å². The lowest BCUT2D eigenvalue weighted by Gasteiger charge is -2.29. The van der Waals surface area contributed by atoms with Crippen molar-refractivity contribution in [2.75, 3.05) is 51.8 Å². The summed E-state index contributed by atoms with van der Waals surface area (Å²) in [5, 5.41) is 28.2. The smallest absolute Gasteiger partial charge is 0.336 e. The molecule has 0 amide bonds. The van der Waals surface area contributed by atoms with E-state index < -0.39 is 24.0 Å². The zero-order valence-corrected chi connectivity index (χ0v) is 23.6. The largest absolute Gasteiger partial charge is 0.461 e. The number of allylic oxidation sites excluding steroid dienone is 2. The highest BCUT2D eigenvalue weighted by molar-refractivity contribution is 7.99. The Bertz CT molecular complexity index is 974. The van der Waals surface area contributed by atoms with Crippen molar-refractivity contribution in [2.45, 2.75) is 31.8 Å². The second-order valence-electron chi connectivity index (χ2n) is 8.40. The second-order valence-corrected chi connectivity index (χ2v) is 10.4. The van der Waals surface area contributed by atoms with E-state index in [1.54, 1.807) is 39.0 Å². The summed E-state index contributed by atoms with van der Waals surface area (Å²) in [4.78, 5) is 27.0. The first-order valence-corrected chi connectivity index (χ1v) is 13.7. The molecule has 0 aromatic heterocycles. The summed E-state index contributed by atoms with van der Waals surface area (Å²) in [5.74, 6) is -1.10. The average molecular weight is 577 g/mol. The lowest BCUT2D eigenvalue weighted by Crippen LogP contribution is -2.42. The number of dihydropyridines is 1. The topological polar surface area (TPSA) is 129 Å². The molecule has 206 valence electrons. The van der Waals surface area contributed by atoms with Crippen molar-refractivity contribution in [1.29, 1.82) is 0 Å². The lowest BCUT2D eigenvalue weighted by molar-refractivity contribution is -0.144. The van der Waals surface area contributed by atoms with E-state index in [2.05, 4.69) is 16.0 Å². The third kappa shape index (κ3) is 10.1. The van der Waals surface area contributed by atoms with Gasteiger partial charge in [0.15, 0.2) is 0 Å². The quantitative estimate of drug-likeness (QED) is 0.121. The van der Waals surface area contributed by atoms with Crippen LogP contribution in [0.15, 0.2) is 45.6 Å². The molecule has 2 rings (SSSR count). The fraction of sp³-hybridized carbons (Fsp3) is 0.520. The highest BCUT2D eigenvalue weighted by Gasteiger charge is 2.34. The Kier molecular flexibility index (Phi) is 13.8. The van der Waals surface area contributed by atoms with Crippen molar-refractivity contribution in [2.24, 2.45) is 5.92 Å². The Morgan fingerprint density at radius 3 is 2.08 bits per heavy atom. The van der Waals surface area contributed by atoms with Crippen LogP contribution in [0.5, 0.6) is 0 Å². The highest BCUT2D eigenvalue weighted by Crippen LogP contribution is 2.31. The van der Waals surface area contributed by atoms with Crippen molar-refractivity contribution in [3.63, 3.8) is 0 Å². The number of rotatable bonds is 15. The van der Waals surface area contributed by atoms with Crippen molar-refractivity contribution in [3.8, 4) is 0 Å². The predicted octanol–water partition coefficient (Wildman–Crippen LogP) is 2.49. The number of halogens is 2. The number of aliphatic hydroxyl groups is 2. The van der Waals surface area contributed by atoms with E-state index in [0.717, 1.165) is 4.90 Å². The van der Waals surface area contributed by atoms with Crippen LogP contribution in [0, 0.1) is 5.92 Å². The van der Waals surface area contributed by atoms with Gasteiger partial charge in [-0.25, -0.2) is 9.59 Å². The van der Waals surface area contributed by atoms with Gasteiger partial charge < -0.3 is 35.6 Å². The number of carbonyl (C=O) groups is 2. The molecule has 0 aliphatic carbocycles. The molecule has 1 aromatic rings. The third-order valence-corrected chi connectivity index (χ3v) is 6.88. The molecule has 1 atom stereocenters. The van der Waals surface area contributed by atoms with Crippen LogP contribution in [0.3, 0.4) is 0 Å². The van der Waals surface area contributed by atoms with Gasteiger partial charge in [0.1, 0.15) is 12.7 Å². The molecule has 1 heterocycles. The molecular weight excluding hydrogens is 541 g/mol. The molecule has 1 aliphatic heterocycles. The van der Waals surface area contributed by atoms with Crippen LogP contribution in [-0.4, -0.2) is 80.0 Å². The van der Waals surface area contributed by atoms with Crippen LogP contribution in [0.2, 0.25) is 10.0 Å². The molecule has 1 aliphatic rings. The Labute approximate surface area is 231 Å². The van der Waals surface area contributed by atoms with E-state index in [1.165, 1.54) is 11.8 Å². The summed E-state index contributed by atoms with van der Waals surface area (Å²) in [7, 11) is 0. The van der Waals surface area contributed by atoms with Gasteiger partial charge in [0, 0.05) is 64.2 Å². The van der Waals surface area contributed by atoms with Crippen molar-refractivity contribution >= 4 is 46.9 Å². The van der Waals surface area contributed by atoms with Gasteiger partial charge in [-0.2, -0.15) is 0 Å². The molecule has 12 heteroatoms. The molecular formula is C25H35Cl2N3O6S. The van der Waals surface area contributed by atoms with Gasteiger partial charge in [-0.15, -0.1) is 11.8 Å². The minimum atomic E-state index is -0.551. The molecule has 9 nitrogen and oxygen atoms in total. The van der Waals surface area contributed by atoms with Gasteiger partial charge in [0.05, 0.1) is 24.4 Å². The average Bonchev–Trinajstić information content (AvgIpc) is 2.81. The maximum atomic E-state index is 13.2. The summed E-state index contributed by atoms with van der Waals surface area (Å²) in [6.45, 7) is 6.71. The van der Waals surface area contributed by atoms with Gasteiger partial charge in [-0.3, -0.25) is 0 Å². The predicted molar refractivity (Wildman–Crippen MR) is 146 cm³/mol. The number of hydrogen-bond acceptors (Lipinski definition) is 10. The second kappa shape index (κ2) is 16.2. The first kappa shape index (κ1) is 31.4. The zero-order valence-electron chi connectivity index (χ0n) is 21.2. The number of benzene rings is 1. The van der Waals surface area contributed by atoms with E-state index in [1.807, 2.05) is 0 Å². The summed E-state index contributed by atoms with van der Waals surface area (Å²) >= 11 is 13.5. The van der Waals surface area contributed by atoms with Crippen LogP contribution in [0.25, 0.3) is 0 Å². The number of aliphatic hydroxyl groups excluding tert-OH is 2. The Hall–Kier alpha value is -1.79. The normalized spacial score (nSPS) is 15.7. The van der Waals surface area contributed by atoms with Crippen LogP contribution in [-0.2, 0) is 19.1 Å². The fourth-order valence-corrected chi connectivity index (χ4v) is 5.39. The SMILES string of the molecule is CC1=C(C(=O)OCCSc2cc(Cl)cc(Cl)c2)C(C)C(C(=O)OC(CNCCO)CNCCO)=C(C)N1. The Morgan fingerprint density at radius 1 is 1.00 bits per heavy atom. The number of nitrogens with one attached hydrogen (secondary N) is 3. The van der Waals surface area contributed by atoms with Crippen LogP contribution in [0.4, 0.5) is 0 Å². The molecule has 0 radical (unpaired) electrons. The molecule has 0 saturated heterocycles. The maximum absolute atomic E-state index is 13.2. The number of thioether (sulfide) groups is 1. The summed E-state index contributed by atoms with van der Waals surface area (Å²) in [5.41, 5.74) is 1.92. The van der Waals surface area contributed by atoms with Crippen LogP contribution in [0.1, 0.15) is 20.8 Å². The Morgan fingerprint density at radius 2 is 1.54 bits per heavy atom. The zero-order chi connectivity index (χ0) is 27.4. The first-order valence-electron chi connectivity index (χ1n) is 12.0. The van der Waals surface area contributed by atoms with Crippen LogP contribution < -0.4 is 16.0 Å². The molecule has 37 heavy (non-hydrogen) atoms. The maximum Gasteiger partial charge on any atom is 0.336 e. The van der Waals surface area contributed by atoms with Crippen LogP contribution >= 0.6 is 35.0 Å². The van der Waals surface area contributed by atoms with Gasteiger partial charge in [0.2, 0.25) is 0 Å². The lowest BCUT2D eigenvalue weighted by atomic mass is 9.87. The number of ether oxygens (including phenoxy) is 2. The van der Waals surface area contributed by atoms with E-state index in [4.69, 9.17) is 42.9 Å². The highest BCUT2D eigenvalue weighted by atomic mass is 35.5. The van der Waals surface area contributed by atoms with Crippen molar-refractivity contribution in [1.82, 2.24) is 16.0 Å². The molecule has 1 unspecified atom stereocenters. The summed E-state index contributed by atoms with van der Waals surface area (Å²) in [6.07, 6.45) is -0.544. The van der Waals surface area contributed by atoms with Crippen molar-refractivity contribution < 1.29 is 29.3 Å². The number of esters is 2. The van der Waals surface area contributed by atoms with E-state index in [0.29, 0.717) is 64.5 Å². The molecule has 1 aromatic carbocycles. The standard InChI is InChI=1S/C25H35Cl2N3O6S/c1-15-22(24(33)35-8-9-37-21-11-18(26)10-19(27)12-21)16(2)30-17(3)23(15)25(34)36-20(13-28-4-6-31)14-29-5-7-32/h10-12,15,20,28-32H,4-9,13-14H2,1-3H3. The third-order valence-electron chi connectivity index (χ3n) is 5.51. The number of carbonyl (C=O) groups excluding carboxylic acids is 2. The first-order chi connectivity index (χ1) is 17.7. The Balaban J connectivity index is 2.00. The molecule has 0 saturated carbocycles. The molecule has 0 bridgehead atoms. The summed E-state index contributed by atoms with van der Waals surface area (Å²) in [6, 6.07) is 5.23. The fourth-order valence-electron chi connectivity index (χ4n) is 3.91. The number of hydrogen-bond donors (Lipinski definition) is 5. The van der Waals surface area contributed by atoms with Gasteiger partial charge in [-0.1, -0.05) is 30.1 Å². The summed E-state index contributed by atoms with van der Waals surface area (Å²) < 4.78 is 11.2. The van der Waals surface area contributed by atoms with E-state index in [9.17, 15) is 9.59 Å². The monoisotopic (exact) mass is 575 g/mol. The van der Waals surface area contributed by atoms with Gasteiger partial charge >= 0.3 is 11.9 Å². The van der Waals surface area contributed by atoms with Crippen molar-refractivity contribution in [3.05, 3.63) is 50.8 Å². The molecule has 0 spiro atoms. The minimum absolute atomic E-state index is 0.0448. The van der Waals surface area contributed by atoms with E-state index in [-0.39, 0.29) is 19.8 Å². The van der Waals surface area contributed by atoms with Gasteiger partial charge in [-0.05, 0) is 32.0 Å². The minimum Gasteiger partial charge on any atom is -0.461 e. The molecule has 5 N–H and O–H groups in total.